The molecule has 3 atom stereocenters. The van der Waals surface area contributed by atoms with E-state index in [0.29, 0.717) is 17.0 Å². The van der Waals surface area contributed by atoms with Crippen LogP contribution in [0.25, 0.3) is 33.2 Å². The fourth-order valence-corrected chi connectivity index (χ4v) is 4.77. The summed E-state index contributed by atoms with van der Waals surface area (Å²) >= 11 is 0. The van der Waals surface area contributed by atoms with Gasteiger partial charge in [0.25, 0.3) is 5.56 Å². The molecule has 0 spiro atoms. The van der Waals surface area contributed by atoms with Gasteiger partial charge in [-0.05, 0) is 25.5 Å². The van der Waals surface area contributed by atoms with Gasteiger partial charge in [-0.2, -0.15) is 4.98 Å². The molecule has 186 valence electrons. The molecule has 0 radical (unpaired) electrons. The molecule has 14 nitrogen and oxygen atoms in total. The fourth-order valence-electron chi connectivity index (χ4n) is 4.77. The second kappa shape index (κ2) is 7.94. The molecule has 36 heavy (non-hydrogen) atoms. The summed E-state index contributed by atoms with van der Waals surface area (Å²) in [7, 11) is 1.85. The third-order valence-electron chi connectivity index (χ3n) is 6.43. The molecular weight excluding hydrogens is 468 g/mol. The molecule has 0 amide bonds. The Morgan fingerprint density at radius 3 is 2.72 bits per heavy atom. The smallest absolute Gasteiger partial charge is 0.280 e. The lowest BCUT2D eigenvalue weighted by atomic mass is 10.1. The van der Waals surface area contributed by atoms with E-state index in [1.807, 2.05) is 31.5 Å². The van der Waals surface area contributed by atoms with Gasteiger partial charge in [0, 0.05) is 19.7 Å². The number of H-pyrrole nitrogens is 1. The number of fused-ring (bicyclic) bond motifs is 4. The van der Waals surface area contributed by atoms with Crippen molar-refractivity contribution in [1.29, 1.82) is 0 Å². The lowest BCUT2D eigenvalue weighted by molar-refractivity contribution is -0.0425. The number of anilines is 3. The molecule has 0 aliphatic carbocycles. The molecule has 0 bridgehead atoms. The average molecular weight is 493 g/mol. The number of aromatic nitrogens is 8. The van der Waals surface area contributed by atoms with E-state index in [-0.39, 0.29) is 36.1 Å². The Morgan fingerprint density at radius 1 is 1.19 bits per heavy atom. The molecule has 6 rings (SSSR count). The average Bonchev–Trinajstić information content (AvgIpc) is 3.48. The highest BCUT2D eigenvalue weighted by molar-refractivity contribution is 6.03. The van der Waals surface area contributed by atoms with E-state index in [1.54, 1.807) is 10.8 Å². The van der Waals surface area contributed by atoms with Crippen molar-refractivity contribution in [3.63, 3.8) is 0 Å². The second-order valence-electron chi connectivity index (χ2n) is 8.93. The highest BCUT2D eigenvalue weighted by Crippen LogP contribution is 2.35. The number of aliphatic hydroxyl groups excluding tert-OH is 2. The molecular formula is C22H24N10O4. The van der Waals surface area contributed by atoms with Crippen LogP contribution in [0, 0.1) is 13.8 Å². The van der Waals surface area contributed by atoms with Crippen molar-refractivity contribution in [2.24, 2.45) is 7.05 Å². The monoisotopic (exact) mass is 492 g/mol. The first kappa shape index (κ1) is 22.3. The van der Waals surface area contributed by atoms with Crippen molar-refractivity contribution in [2.75, 3.05) is 17.7 Å². The van der Waals surface area contributed by atoms with E-state index in [2.05, 4.69) is 30.2 Å². The number of rotatable bonds is 4. The van der Waals surface area contributed by atoms with E-state index < -0.39 is 24.0 Å². The molecule has 4 aromatic heterocycles. The molecule has 0 saturated carbocycles. The Hall–Kier alpha value is -4.14. The maximum Gasteiger partial charge on any atom is 0.280 e. The van der Waals surface area contributed by atoms with Crippen LogP contribution in [-0.2, 0) is 11.8 Å². The van der Waals surface area contributed by atoms with Crippen LogP contribution in [0.5, 0.6) is 0 Å². The maximum absolute atomic E-state index is 12.6. The minimum atomic E-state index is -0.906. The maximum atomic E-state index is 12.6. The van der Waals surface area contributed by atoms with E-state index in [1.165, 1.54) is 0 Å². The zero-order valence-electron chi connectivity index (χ0n) is 19.7. The van der Waals surface area contributed by atoms with Crippen LogP contribution < -0.4 is 16.6 Å². The molecule has 5 heterocycles. The summed E-state index contributed by atoms with van der Waals surface area (Å²) in [6.45, 7) is 3.48. The molecule has 1 aromatic carbocycles. The predicted octanol–water partition coefficient (Wildman–Crippen LogP) is 0.533. The molecule has 5 aromatic rings. The first-order valence-electron chi connectivity index (χ1n) is 11.3. The summed E-state index contributed by atoms with van der Waals surface area (Å²) in [6, 6.07) is 1.96. The number of nitrogens with zero attached hydrogens (tertiary/aromatic N) is 7. The quantitative estimate of drug-likeness (QED) is 0.235. The zero-order chi connectivity index (χ0) is 25.3. The SMILES string of the molecule is Cc1cnc2cc(C)c3c(nc(Nc4nc5c(=O)[nH]c(N)nc5n4[C@H]4C[C@H](O)[C@@H](CO)O4)n3C)c2n1. The third-order valence-corrected chi connectivity index (χ3v) is 6.43. The normalized spacial score (nSPS) is 20.2. The first-order chi connectivity index (χ1) is 17.2. The number of benzene rings is 1. The van der Waals surface area contributed by atoms with Crippen LogP contribution in [0.4, 0.5) is 17.8 Å². The number of hydrogen-bond acceptors (Lipinski definition) is 11. The van der Waals surface area contributed by atoms with Gasteiger partial charge in [-0.3, -0.25) is 24.6 Å². The summed E-state index contributed by atoms with van der Waals surface area (Å²) in [5.74, 6) is 0.561. The Morgan fingerprint density at radius 2 is 1.97 bits per heavy atom. The van der Waals surface area contributed by atoms with E-state index in [4.69, 9.17) is 15.5 Å². The van der Waals surface area contributed by atoms with Crippen LogP contribution in [-0.4, -0.2) is 68.1 Å². The second-order valence-corrected chi connectivity index (χ2v) is 8.93. The minimum Gasteiger partial charge on any atom is -0.394 e. The standard InChI is InChI=1S/C22H24N10O4/c1-8-4-10-14(25-9(2)6-24-10)15-17(8)31(3)21(26-15)30-22-27-16-18(28-20(23)29-19(16)35)32(22)13-5-11(34)12(7-33)36-13/h4,6,11-13,33-34H,5,7H2,1-3H3,(H,26,27,30)(H3,23,28,29,35)/t11-,12+,13+/m0/s1. The summed E-state index contributed by atoms with van der Waals surface area (Å²) in [4.78, 5) is 37.7. The van der Waals surface area contributed by atoms with Crippen molar-refractivity contribution in [3.05, 3.63) is 33.9 Å². The number of nitrogen functional groups attached to an aromatic ring is 1. The molecule has 1 aliphatic rings. The number of nitrogens with two attached hydrogens (primary N) is 1. The Labute approximate surface area is 202 Å². The van der Waals surface area contributed by atoms with Gasteiger partial charge in [-0.15, -0.1) is 0 Å². The largest absolute Gasteiger partial charge is 0.394 e. The number of imidazole rings is 2. The van der Waals surface area contributed by atoms with E-state index >= 15 is 0 Å². The number of aliphatic hydroxyl groups is 2. The molecule has 14 heteroatoms. The van der Waals surface area contributed by atoms with Crippen LogP contribution >= 0.6 is 0 Å². The van der Waals surface area contributed by atoms with Gasteiger partial charge >= 0.3 is 0 Å². The Kier molecular flexibility index (Phi) is 4.93. The minimum absolute atomic E-state index is 0.0409. The highest BCUT2D eigenvalue weighted by Gasteiger charge is 2.37. The molecule has 1 saturated heterocycles. The van der Waals surface area contributed by atoms with Crippen molar-refractivity contribution in [1.82, 2.24) is 39.0 Å². The van der Waals surface area contributed by atoms with Crippen LogP contribution in [0.2, 0.25) is 0 Å². The van der Waals surface area contributed by atoms with E-state index in [0.717, 1.165) is 22.3 Å². The highest BCUT2D eigenvalue weighted by atomic mass is 16.5. The number of ether oxygens (including phenoxy) is 1. The molecule has 1 aliphatic heterocycles. The summed E-state index contributed by atoms with van der Waals surface area (Å²) in [6.07, 6.45) is -0.586. The van der Waals surface area contributed by atoms with Crippen LogP contribution in [0.1, 0.15) is 23.9 Å². The van der Waals surface area contributed by atoms with Gasteiger partial charge in [-0.1, -0.05) is 0 Å². The zero-order valence-corrected chi connectivity index (χ0v) is 19.7. The fraction of sp³-hybridized carbons (Fsp3) is 0.364. The number of nitrogens with one attached hydrogen (secondary N) is 2. The molecule has 1 fully saturated rings. The van der Waals surface area contributed by atoms with Gasteiger partial charge in [-0.25, -0.2) is 15.0 Å². The van der Waals surface area contributed by atoms with Crippen molar-refractivity contribution >= 4 is 51.1 Å². The molecule has 6 N–H and O–H groups in total. The number of aryl methyl sites for hydroxylation is 3. The van der Waals surface area contributed by atoms with Gasteiger partial charge in [0.1, 0.15) is 23.4 Å². The number of hydrogen-bond donors (Lipinski definition) is 5. The first-order valence-corrected chi connectivity index (χ1v) is 11.3. The summed E-state index contributed by atoms with van der Waals surface area (Å²) in [5, 5.41) is 23.1. The summed E-state index contributed by atoms with van der Waals surface area (Å²) in [5.41, 5.74) is 10.2. The van der Waals surface area contributed by atoms with Crippen LogP contribution in [0.15, 0.2) is 17.1 Å². The predicted molar refractivity (Wildman–Crippen MR) is 131 cm³/mol. The third kappa shape index (κ3) is 3.30. The van der Waals surface area contributed by atoms with Crippen molar-refractivity contribution < 1.29 is 14.9 Å². The van der Waals surface area contributed by atoms with Gasteiger partial charge < -0.3 is 25.3 Å². The van der Waals surface area contributed by atoms with Crippen molar-refractivity contribution in [2.45, 2.75) is 38.7 Å². The van der Waals surface area contributed by atoms with Gasteiger partial charge in [0.15, 0.2) is 11.2 Å². The van der Waals surface area contributed by atoms with Gasteiger partial charge in [0.05, 0.1) is 29.4 Å². The Balaban J connectivity index is 1.54. The summed E-state index contributed by atoms with van der Waals surface area (Å²) < 4.78 is 9.27. The Bertz CT molecular complexity index is 1720. The lowest BCUT2D eigenvalue weighted by Gasteiger charge is -2.17. The lowest BCUT2D eigenvalue weighted by Crippen LogP contribution is -2.24. The van der Waals surface area contributed by atoms with Gasteiger partial charge in [0.2, 0.25) is 17.8 Å². The molecule has 0 unspecified atom stereocenters. The van der Waals surface area contributed by atoms with E-state index in [9.17, 15) is 15.0 Å². The number of aromatic amines is 1. The topological polar surface area (TPSA) is 195 Å². The van der Waals surface area contributed by atoms with Crippen molar-refractivity contribution in [3.8, 4) is 0 Å². The van der Waals surface area contributed by atoms with Crippen LogP contribution in [0.3, 0.4) is 0 Å².